The maximum Gasteiger partial charge on any atom is 0.142 e. The number of ether oxygens (including phenoxy) is 1. The van der Waals surface area contributed by atoms with Crippen LogP contribution in [0.2, 0.25) is 5.02 Å². The second-order valence-electron chi connectivity index (χ2n) is 3.97. The van der Waals surface area contributed by atoms with Crippen LogP contribution in [0.5, 0.6) is 5.75 Å². The van der Waals surface area contributed by atoms with E-state index in [2.05, 4.69) is 6.58 Å². The molecule has 0 aliphatic carbocycles. The molecule has 0 saturated carbocycles. The lowest BCUT2D eigenvalue weighted by Gasteiger charge is -2.17. The molecule has 0 radical (unpaired) electrons. The minimum atomic E-state index is -0.0632. The van der Waals surface area contributed by atoms with Gasteiger partial charge in [0, 0.05) is 6.04 Å². The zero-order chi connectivity index (χ0) is 12.1. The number of benzene rings is 1. The van der Waals surface area contributed by atoms with Crippen molar-refractivity contribution in [3.05, 3.63) is 41.4 Å². The standard InChI is InChI=1S/C13H18ClNO/c1-4-10(3)16-13-11(8-9(2)15)6-5-7-12(13)14/h4-7,9-10H,1,8,15H2,2-3H3. The average molecular weight is 240 g/mol. The van der Waals surface area contributed by atoms with Crippen LogP contribution in [0.15, 0.2) is 30.9 Å². The number of nitrogens with two attached hydrogens (primary N) is 1. The number of hydrogen-bond donors (Lipinski definition) is 1. The lowest BCUT2D eigenvalue weighted by Crippen LogP contribution is -2.19. The van der Waals surface area contributed by atoms with E-state index < -0.39 is 0 Å². The highest BCUT2D eigenvalue weighted by Crippen LogP contribution is 2.30. The van der Waals surface area contributed by atoms with Gasteiger partial charge in [0.2, 0.25) is 0 Å². The highest BCUT2D eigenvalue weighted by molar-refractivity contribution is 6.32. The lowest BCUT2D eigenvalue weighted by atomic mass is 10.1. The van der Waals surface area contributed by atoms with Gasteiger partial charge >= 0.3 is 0 Å². The summed E-state index contributed by atoms with van der Waals surface area (Å²) in [6.45, 7) is 7.57. The predicted molar refractivity (Wildman–Crippen MR) is 69.1 cm³/mol. The van der Waals surface area contributed by atoms with Crippen LogP contribution in [0, 0.1) is 0 Å². The van der Waals surface area contributed by atoms with E-state index in [-0.39, 0.29) is 12.1 Å². The first-order valence-electron chi connectivity index (χ1n) is 5.36. The van der Waals surface area contributed by atoms with Crippen molar-refractivity contribution in [2.75, 3.05) is 0 Å². The Labute approximate surface area is 102 Å². The third kappa shape index (κ3) is 3.54. The molecule has 3 heteroatoms. The van der Waals surface area contributed by atoms with E-state index in [1.54, 1.807) is 6.08 Å². The van der Waals surface area contributed by atoms with E-state index in [9.17, 15) is 0 Å². The first kappa shape index (κ1) is 13.1. The molecule has 2 unspecified atom stereocenters. The summed E-state index contributed by atoms with van der Waals surface area (Å²) >= 11 is 6.11. The van der Waals surface area contributed by atoms with Gasteiger partial charge in [-0.15, -0.1) is 0 Å². The first-order valence-corrected chi connectivity index (χ1v) is 5.74. The zero-order valence-electron chi connectivity index (χ0n) is 9.74. The lowest BCUT2D eigenvalue weighted by molar-refractivity contribution is 0.267. The van der Waals surface area contributed by atoms with Crippen molar-refractivity contribution < 1.29 is 4.74 Å². The largest absolute Gasteiger partial charge is 0.485 e. The SMILES string of the molecule is C=CC(C)Oc1c(Cl)cccc1CC(C)N. The summed E-state index contributed by atoms with van der Waals surface area (Å²) in [5, 5.41) is 0.617. The predicted octanol–water partition coefficient (Wildman–Crippen LogP) is 3.18. The minimum Gasteiger partial charge on any atom is -0.485 e. The summed E-state index contributed by atoms with van der Waals surface area (Å²) in [6.07, 6.45) is 2.42. The van der Waals surface area contributed by atoms with Gasteiger partial charge in [-0.05, 0) is 31.9 Å². The van der Waals surface area contributed by atoms with Crippen molar-refractivity contribution in [1.29, 1.82) is 0 Å². The van der Waals surface area contributed by atoms with Gasteiger partial charge in [-0.3, -0.25) is 0 Å². The number of para-hydroxylation sites is 1. The topological polar surface area (TPSA) is 35.2 Å². The molecule has 1 rings (SSSR count). The van der Waals surface area contributed by atoms with Crippen LogP contribution in [0.3, 0.4) is 0 Å². The molecule has 0 bridgehead atoms. The maximum absolute atomic E-state index is 6.11. The Bertz CT molecular complexity index is 363. The fraction of sp³-hybridized carbons (Fsp3) is 0.385. The minimum absolute atomic E-state index is 0.0632. The van der Waals surface area contributed by atoms with Crippen molar-refractivity contribution in [1.82, 2.24) is 0 Å². The molecule has 2 nitrogen and oxygen atoms in total. The summed E-state index contributed by atoms with van der Waals surface area (Å²) in [4.78, 5) is 0. The molecule has 2 N–H and O–H groups in total. The number of hydrogen-bond acceptors (Lipinski definition) is 2. The van der Waals surface area contributed by atoms with Gasteiger partial charge in [-0.2, -0.15) is 0 Å². The average Bonchev–Trinajstić information content (AvgIpc) is 2.22. The monoisotopic (exact) mass is 239 g/mol. The third-order valence-corrected chi connectivity index (χ3v) is 2.52. The molecular formula is C13H18ClNO. The molecule has 0 aromatic heterocycles. The normalized spacial score (nSPS) is 14.2. The molecular weight excluding hydrogens is 222 g/mol. The molecule has 0 saturated heterocycles. The van der Waals surface area contributed by atoms with Crippen molar-refractivity contribution in [2.45, 2.75) is 32.4 Å². The fourth-order valence-corrected chi connectivity index (χ4v) is 1.67. The second kappa shape index (κ2) is 5.92. The summed E-state index contributed by atoms with van der Waals surface area (Å²) in [6, 6.07) is 5.79. The smallest absolute Gasteiger partial charge is 0.142 e. The molecule has 1 aromatic carbocycles. The van der Waals surface area contributed by atoms with E-state index in [1.165, 1.54) is 0 Å². The Morgan fingerprint density at radius 3 is 2.75 bits per heavy atom. The second-order valence-corrected chi connectivity index (χ2v) is 4.38. The van der Waals surface area contributed by atoms with Crippen LogP contribution in [0.4, 0.5) is 0 Å². The van der Waals surface area contributed by atoms with Crippen LogP contribution < -0.4 is 10.5 Å². The third-order valence-electron chi connectivity index (χ3n) is 2.23. The molecule has 16 heavy (non-hydrogen) atoms. The number of rotatable bonds is 5. The van der Waals surface area contributed by atoms with Gasteiger partial charge in [0.25, 0.3) is 0 Å². The van der Waals surface area contributed by atoms with Crippen molar-refractivity contribution in [3.8, 4) is 5.75 Å². The van der Waals surface area contributed by atoms with Crippen molar-refractivity contribution in [2.24, 2.45) is 5.73 Å². The van der Waals surface area contributed by atoms with E-state index in [0.717, 1.165) is 12.0 Å². The van der Waals surface area contributed by atoms with Gasteiger partial charge in [-0.1, -0.05) is 36.4 Å². The van der Waals surface area contributed by atoms with Gasteiger partial charge in [-0.25, -0.2) is 0 Å². The van der Waals surface area contributed by atoms with Crippen molar-refractivity contribution in [3.63, 3.8) is 0 Å². The van der Waals surface area contributed by atoms with E-state index in [4.69, 9.17) is 22.1 Å². The quantitative estimate of drug-likeness (QED) is 0.801. The molecule has 0 aliphatic heterocycles. The summed E-state index contributed by atoms with van der Waals surface area (Å²) in [5.74, 6) is 0.717. The Hall–Kier alpha value is -0.990. The Balaban J connectivity index is 2.98. The van der Waals surface area contributed by atoms with Gasteiger partial charge in [0.1, 0.15) is 11.9 Å². The van der Waals surface area contributed by atoms with Gasteiger partial charge < -0.3 is 10.5 Å². The number of halogens is 1. The molecule has 0 aliphatic rings. The molecule has 2 atom stereocenters. The molecule has 0 fully saturated rings. The van der Waals surface area contributed by atoms with Crippen LogP contribution in [0.1, 0.15) is 19.4 Å². The van der Waals surface area contributed by atoms with Crippen LogP contribution in [-0.2, 0) is 6.42 Å². The molecule has 0 heterocycles. The molecule has 0 spiro atoms. The van der Waals surface area contributed by atoms with E-state index in [1.807, 2.05) is 32.0 Å². The summed E-state index contributed by atoms with van der Waals surface area (Å²) < 4.78 is 5.72. The molecule has 1 aromatic rings. The Morgan fingerprint density at radius 1 is 1.50 bits per heavy atom. The first-order chi connectivity index (χ1) is 7.54. The molecule has 0 amide bonds. The zero-order valence-corrected chi connectivity index (χ0v) is 10.5. The summed E-state index contributed by atoms with van der Waals surface area (Å²) in [7, 11) is 0. The van der Waals surface area contributed by atoms with E-state index >= 15 is 0 Å². The highest BCUT2D eigenvalue weighted by atomic mass is 35.5. The Morgan fingerprint density at radius 2 is 2.19 bits per heavy atom. The van der Waals surface area contributed by atoms with Crippen LogP contribution in [-0.4, -0.2) is 12.1 Å². The van der Waals surface area contributed by atoms with Crippen LogP contribution >= 0.6 is 11.6 Å². The highest BCUT2D eigenvalue weighted by Gasteiger charge is 2.11. The van der Waals surface area contributed by atoms with Crippen LogP contribution in [0.25, 0.3) is 0 Å². The molecule has 88 valence electrons. The van der Waals surface area contributed by atoms with Crippen molar-refractivity contribution >= 4 is 11.6 Å². The van der Waals surface area contributed by atoms with E-state index in [0.29, 0.717) is 10.8 Å². The fourth-order valence-electron chi connectivity index (χ4n) is 1.43. The maximum atomic E-state index is 6.11. The van der Waals surface area contributed by atoms with Gasteiger partial charge in [0.15, 0.2) is 0 Å². The summed E-state index contributed by atoms with van der Waals surface area (Å²) in [5.41, 5.74) is 6.83. The van der Waals surface area contributed by atoms with Gasteiger partial charge in [0.05, 0.1) is 5.02 Å². The Kier molecular flexibility index (Phi) is 4.84.